The van der Waals surface area contributed by atoms with Crippen LogP contribution in [0.15, 0.2) is 53.5 Å². The minimum atomic E-state index is -0.748. The first kappa shape index (κ1) is 17.3. The van der Waals surface area contributed by atoms with Gasteiger partial charge in [-0.05, 0) is 37.3 Å². The Kier molecular flexibility index (Phi) is 4.19. The molecular weight excluding hydrogens is 315 g/mol. The molecule has 25 heavy (non-hydrogen) atoms. The molecule has 2 aromatic carbocycles. The van der Waals surface area contributed by atoms with Crippen LogP contribution in [-0.4, -0.2) is 24.5 Å². The van der Waals surface area contributed by atoms with E-state index in [1.54, 1.807) is 6.07 Å². The van der Waals surface area contributed by atoms with Gasteiger partial charge in [0, 0.05) is 35.9 Å². The number of nitrogens with two attached hydrogens (primary N) is 1. The van der Waals surface area contributed by atoms with E-state index in [0.29, 0.717) is 18.1 Å². The molecule has 0 unspecified atom stereocenters. The SMILES string of the molecule is CN1CC(C)(C)[C@@](C)(c2cc(Nc3ccccc3)ccc2F)N=C1N. The number of guanidine groups is 1. The van der Waals surface area contributed by atoms with Crippen LogP contribution in [0.25, 0.3) is 0 Å². The van der Waals surface area contributed by atoms with E-state index in [0.717, 1.165) is 11.4 Å². The van der Waals surface area contributed by atoms with Gasteiger partial charge in [0.1, 0.15) is 5.82 Å². The molecular formula is C20H25FN4. The summed E-state index contributed by atoms with van der Waals surface area (Å²) in [6, 6.07) is 14.9. The fraction of sp³-hybridized carbons (Fsp3) is 0.350. The van der Waals surface area contributed by atoms with Crippen molar-refractivity contribution < 1.29 is 4.39 Å². The van der Waals surface area contributed by atoms with Crippen LogP contribution in [0.1, 0.15) is 26.3 Å². The largest absolute Gasteiger partial charge is 0.370 e. The van der Waals surface area contributed by atoms with Gasteiger partial charge in [-0.1, -0.05) is 32.0 Å². The number of halogens is 1. The molecule has 1 atom stereocenters. The fourth-order valence-electron chi connectivity index (χ4n) is 3.38. The van der Waals surface area contributed by atoms with Crippen LogP contribution in [0.4, 0.5) is 15.8 Å². The molecule has 1 aliphatic rings. The number of aliphatic imine (C=N–C) groups is 1. The van der Waals surface area contributed by atoms with Gasteiger partial charge >= 0.3 is 0 Å². The van der Waals surface area contributed by atoms with Crippen LogP contribution < -0.4 is 11.1 Å². The minimum Gasteiger partial charge on any atom is -0.370 e. The molecule has 0 bridgehead atoms. The Morgan fingerprint density at radius 1 is 1.08 bits per heavy atom. The molecule has 0 amide bonds. The molecule has 0 radical (unpaired) electrons. The van der Waals surface area contributed by atoms with Crippen LogP contribution in [0.5, 0.6) is 0 Å². The fourth-order valence-corrected chi connectivity index (χ4v) is 3.38. The van der Waals surface area contributed by atoms with Crippen LogP contribution in [0.2, 0.25) is 0 Å². The molecule has 132 valence electrons. The average Bonchev–Trinajstić information content (AvgIpc) is 2.55. The Bertz CT molecular complexity index is 801. The monoisotopic (exact) mass is 340 g/mol. The van der Waals surface area contributed by atoms with Gasteiger partial charge in [0.15, 0.2) is 5.96 Å². The van der Waals surface area contributed by atoms with E-state index in [-0.39, 0.29) is 11.2 Å². The molecule has 1 heterocycles. The van der Waals surface area contributed by atoms with Gasteiger partial charge in [-0.25, -0.2) is 9.38 Å². The van der Waals surface area contributed by atoms with E-state index in [4.69, 9.17) is 5.73 Å². The maximum atomic E-state index is 14.8. The van der Waals surface area contributed by atoms with E-state index in [2.05, 4.69) is 24.2 Å². The first-order valence-electron chi connectivity index (χ1n) is 8.41. The lowest BCUT2D eigenvalue weighted by Gasteiger charge is -2.48. The standard InChI is InChI=1S/C20H25FN4/c1-19(2)13-25(4)18(22)24-20(19,3)16-12-15(10-11-17(16)21)23-14-8-6-5-7-9-14/h5-12,23H,13H2,1-4H3,(H2,22,24)/t20-/m1/s1. The summed E-state index contributed by atoms with van der Waals surface area (Å²) < 4.78 is 14.8. The molecule has 0 aliphatic carbocycles. The van der Waals surface area contributed by atoms with E-state index in [1.807, 2.05) is 55.3 Å². The quantitative estimate of drug-likeness (QED) is 0.885. The Morgan fingerprint density at radius 3 is 2.44 bits per heavy atom. The highest BCUT2D eigenvalue weighted by Crippen LogP contribution is 2.47. The third-order valence-electron chi connectivity index (χ3n) is 5.23. The van der Waals surface area contributed by atoms with Gasteiger partial charge < -0.3 is 16.0 Å². The van der Waals surface area contributed by atoms with Crippen molar-refractivity contribution in [2.45, 2.75) is 26.3 Å². The second kappa shape index (κ2) is 6.06. The zero-order valence-electron chi connectivity index (χ0n) is 15.2. The van der Waals surface area contributed by atoms with E-state index >= 15 is 0 Å². The van der Waals surface area contributed by atoms with Crippen LogP contribution in [0.3, 0.4) is 0 Å². The number of anilines is 2. The third kappa shape index (κ3) is 3.06. The Balaban J connectivity index is 2.05. The molecule has 4 nitrogen and oxygen atoms in total. The molecule has 0 aromatic heterocycles. The van der Waals surface area contributed by atoms with E-state index < -0.39 is 5.54 Å². The van der Waals surface area contributed by atoms with Gasteiger partial charge in [0.2, 0.25) is 0 Å². The summed E-state index contributed by atoms with van der Waals surface area (Å²) in [5.41, 5.74) is 7.36. The molecule has 0 saturated heterocycles. The summed E-state index contributed by atoms with van der Waals surface area (Å²) in [6.07, 6.45) is 0. The van der Waals surface area contributed by atoms with Crippen LogP contribution in [-0.2, 0) is 5.54 Å². The van der Waals surface area contributed by atoms with Crippen molar-refractivity contribution in [1.29, 1.82) is 0 Å². The Hall–Kier alpha value is -2.56. The summed E-state index contributed by atoms with van der Waals surface area (Å²) in [7, 11) is 1.91. The van der Waals surface area contributed by atoms with E-state index in [9.17, 15) is 4.39 Å². The number of hydrogen-bond acceptors (Lipinski definition) is 4. The smallest absolute Gasteiger partial charge is 0.191 e. The summed E-state index contributed by atoms with van der Waals surface area (Å²) in [5.74, 6) is 0.165. The molecule has 3 N–H and O–H groups in total. The maximum absolute atomic E-state index is 14.8. The zero-order valence-corrected chi connectivity index (χ0v) is 15.2. The summed E-state index contributed by atoms with van der Waals surface area (Å²) in [4.78, 5) is 6.59. The lowest BCUT2D eigenvalue weighted by molar-refractivity contribution is 0.124. The minimum absolute atomic E-state index is 0.268. The van der Waals surface area contributed by atoms with Gasteiger partial charge in [-0.15, -0.1) is 0 Å². The van der Waals surface area contributed by atoms with Crippen molar-refractivity contribution in [2.24, 2.45) is 16.1 Å². The van der Waals surface area contributed by atoms with Crippen molar-refractivity contribution in [3.8, 4) is 0 Å². The topological polar surface area (TPSA) is 53.6 Å². The molecule has 0 spiro atoms. The Morgan fingerprint density at radius 2 is 1.76 bits per heavy atom. The number of nitrogens with one attached hydrogen (secondary N) is 1. The molecule has 3 rings (SSSR count). The second-order valence-electron chi connectivity index (χ2n) is 7.47. The van der Waals surface area contributed by atoms with Gasteiger partial charge in [0.25, 0.3) is 0 Å². The predicted molar refractivity (Wildman–Crippen MR) is 102 cm³/mol. The molecule has 5 heteroatoms. The second-order valence-corrected chi connectivity index (χ2v) is 7.47. The summed E-state index contributed by atoms with van der Waals surface area (Å²) in [6.45, 7) is 6.85. The first-order chi connectivity index (χ1) is 11.7. The lowest BCUT2D eigenvalue weighted by atomic mass is 9.68. The van der Waals surface area contributed by atoms with Crippen molar-refractivity contribution in [1.82, 2.24) is 4.90 Å². The molecule has 1 aliphatic heterocycles. The summed E-state index contributed by atoms with van der Waals surface area (Å²) in [5, 5.41) is 3.32. The highest BCUT2D eigenvalue weighted by Gasteiger charge is 2.48. The number of nitrogens with zero attached hydrogens (tertiary/aromatic N) is 2. The molecule has 0 fully saturated rings. The average molecular weight is 340 g/mol. The van der Waals surface area contributed by atoms with Gasteiger partial charge in [-0.2, -0.15) is 0 Å². The first-order valence-corrected chi connectivity index (χ1v) is 8.41. The number of benzene rings is 2. The maximum Gasteiger partial charge on any atom is 0.191 e. The normalized spacial score (nSPS) is 22.4. The molecule has 0 saturated carbocycles. The van der Waals surface area contributed by atoms with Gasteiger partial charge in [-0.3, -0.25) is 0 Å². The third-order valence-corrected chi connectivity index (χ3v) is 5.23. The number of hydrogen-bond donors (Lipinski definition) is 2. The van der Waals surface area contributed by atoms with Crippen LogP contribution >= 0.6 is 0 Å². The van der Waals surface area contributed by atoms with Gasteiger partial charge in [0.05, 0.1) is 5.54 Å². The number of rotatable bonds is 3. The lowest BCUT2D eigenvalue weighted by Crippen LogP contribution is -2.54. The highest BCUT2D eigenvalue weighted by molar-refractivity contribution is 5.79. The zero-order chi connectivity index (χ0) is 18.2. The Labute approximate surface area is 148 Å². The van der Waals surface area contributed by atoms with Crippen molar-refractivity contribution >= 4 is 17.3 Å². The van der Waals surface area contributed by atoms with E-state index in [1.165, 1.54) is 6.07 Å². The number of para-hydroxylation sites is 1. The molecule has 2 aromatic rings. The predicted octanol–water partition coefficient (Wildman–Crippen LogP) is 4.07. The van der Waals surface area contributed by atoms with Crippen molar-refractivity contribution in [3.05, 3.63) is 59.9 Å². The summed E-state index contributed by atoms with van der Waals surface area (Å²) >= 11 is 0. The van der Waals surface area contributed by atoms with Crippen molar-refractivity contribution in [2.75, 3.05) is 18.9 Å². The van der Waals surface area contributed by atoms with Crippen molar-refractivity contribution in [3.63, 3.8) is 0 Å². The highest BCUT2D eigenvalue weighted by atomic mass is 19.1. The van der Waals surface area contributed by atoms with Crippen LogP contribution in [0, 0.1) is 11.2 Å².